The molecule has 46 heavy (non-hydrogen) atoms. The van der Waals surface area contributed by atoms with Crippen molar-refractivity contribution in [2.75, 3.05) is 53.9 Å². The molecule has 0 spiro atoms. The van der Waals surface area contributed by atoms with E-state index in [1.807, 2.05) is 0 Å². The van der Waals surface area contributed by atoms with Crippen molar-refractivity contribution in [2.45, 2.75) is 12.1 Å². The minimum Gasteiger partial charge on any atom is -0.494 e. The zero-order chi connectivity index (χ0) is 34.8. The molecule has 0 aliphatic carbocycles. The third kappa shape index (κ3) is 14.6. The first-order valence-corrected chi connectivity index (χ1v) is 15.2. The fourth-order valence-corrected chi connectivity index (χ4v) is 4.00. The van der Waals surface area contributed by atoms with Crippen molar-refractivity contribution < 1.29 is 43.8 Å². The summed E-state index contributed by atoms with van der Waals surface area (Å²) in [7, 11) is 2.89. The smallest absolute Gasteiger partial charge is 0.252 e. The van der Waals surface area contributed by atoms with Crippen molar-refractivity contribution in [1.82, 2.24) is 0 Å². The Morgan fingerprint density at radius 1 is 0.935 bits per heavy atom. The molecule has 2 aromatic carbocycles. The highest BCUT2D eigenvalue weighted by Gasteiger charge is 2.24. The van der Waals surface area contributed by atoms with E-state index in [0.717, 1.165) is 0 Å². The third-order valence-corrected chi connectivity index (χ3v) is 6.48. The van der Waals surface area contributed by atoms with Crippen LogP contribution in [-0.2, 0) is 4.74 Å². The highest BCUT2D eigenvalue weighted by Crippen LogP contribution is 2.35. The first-order chi connectivity index (χ1) is 21.8. The number of aliphatic hydroxyl groups excluding tert-OH is 3. The molecule has 0 bridgehead atoms. The van der Waals surface area contributed by atoms with Gasteiger partial charge in [-0.15, -0.1) is 0 Å². The number of nitrogens with zero attached hydrogens (tertiary/aromatic N) is 1. The number of amides is 1. The number of hydrogen-bond acceptors (Lipinski definition) is 11. The molecule has 0 radical (unpaired) electrons. The molecule has 0 saturated carbocycles. The first-order valence-electron chi connectivity index (χ1n) is 12.9. The highest BCUT2D eigenvalue weighted by molar-refractivity contribution is 6.56. The highest BCUT2D eigenvalue weighted by atomic mass is 35.5. The standard InChI is InChI=1S/C14H14Cl3NO4.C11H10Cl3NO3.C3H9NO2/c1-20-13-10(14-18-8(6-19)7-22-14)4-9(5-11(13)15)21-3-2-12(16)17;1-17-10-7(11(15)16)4-6(5-8(10)12)18-3-2-9(13)14;4-3(1-5)2-6/h2,4-5,8,19H,3,6-7H2,1H3;2,4-5H,3H2,1H3,(H2,15,16);3,5-6H,1-2,4H2. The van der Waals surface area contributed by atoms with E-state index in [2.05, 4.69) is 4.99 Å². The number of aliphatic imine (C=N–C) groups is 1. The summed E-state index contributed by atoms with van der Waals surface area (Å²) >= 11 is 34.0. The number of rotatable bonds is 13. The number of halogens is 6. The number of methoxy groups -OCH3 is 2. The average Bonchev–Trinajstić information content (AvgIpc) is 3.50. The molecule has 0 saturated heterocycles. The van der Waals surface area contributed by atoms with Crippen molar-refractivity contribution >= 4 is 81.4 Å². The molecule has 7 N–H and O–H groups in total. The van der Waals surface area contributed by atoms with Gasteiger partial charge in [-0.2, -0.15) is 0 Å². The van der Waals surface area contributed by atoms with Crippen LogP contribution < -0.4 is 30.4 Å². The van der Waals surface area contributed by atoms with Crippen LogP contribution >= 0.6 is 69.6 Å². The van der Waals surface area contributed by atoms with Gasteiger partial charge in [0.05, 0.1) is 61.3 Å². The average molecular weight is 768 g/mol. The van der Waals surface area contributed by atoms with Crippen LogP contribution in [0.5, 0.6) is 23.0 Å². The largest absolute Gasteiger partial charge is 0.494 e. The van der Waals surface area contributed by atoms with E-state index in [1.165, 1.54) is 38.5 Å². The lowest BCUT2D eigenvalue weighted by atomic mass is 10.2. The predicted molar refractivity (Wildman–Crippen MR) is 181 cm³/mol. The zero-order valence-corrected chi connectivity index (χ0v) is 29.1. The van der Waals surface area contributed by atoms with Gasteiger partial charge in [0, 0.05) is 12.1 Å². The van der Waals surface area contributed by atoms with Gasteiger partial charge in [-0.3, -0.25) is 4.79 Å². The van der Waals surface area contributed by atoms with E-state index in [9.17, 15) is 4.79 Å². The number of benzene rings is 2. The summed E-state index contributed by atoms with van der Waals surface area (Å²) in [5.41, 5.74) is 10.9. The Hall–Kier alpha value is -2.36. The van der Waals surface area contributed by atoms with Crippen LogP contribution in [0.2, 0.25) is 10.0 Å². The van der Waals surface area contributed by atoms with Crippen molar-refractivity contribution in [3.63, 3.8) is 0 Å². The van der Waals surface area contributed by atoms with Crippen LogP contribution in [0.1, 0.15) is 15.9 Å². The molecule has 12 nitrogen and oxygen atoms in total. The monoisotopic (exact) mass is 765 g/mol. The van der Waals surface area contributed by atoms with Gasteiger partial charge >= 0.3 is 0 Å². The van der Waals surface area contributed by atoms with Gasteiger partial charge in [-0.05, 0) is 24.3 Å². The second-order valence-electron chi connectivity index (χ2n) is 8.65. The minimum atomic E-state index is -0.662. The van der Waals surface area contributed by atoms with Crippen LogP contribution in [0.3, 0.4) is 0 Å². The van der Waals surface area contributed by atoms with Gasteiger partial charge in [0.15, 0.2) is 0 Å². The number of ether oxygens (including phenoxy) is 5. The summed E-state index contributed by atoms with van der Waals surface area (Å²) in [6, 6.07) is 5.50. The van der Waals surface area contributed by atoms with Crippen molar-refractivity contribution in [2.24, 2.45) is 16.5 Å². The number of aliphatic hydroxyl groups is 3. The molecule has 0 aromatic heterocycles. The minimum absolute atomic E-state index is 0.0877. The first kappa shape index (κ1) is 41.7. The number of hydrogen-bond donors (Lipinski definition) is 5. The second-order valence-corrected chi connectivity index (χ2v) is 11.5. The lowest BCUT2D eigenvalue weighted by molar-refractivity contribution is 0.0997. The van der Waals surface area contributed by atoms with Crippen LogP contribution in [0, 0.1) is 0 Å². The lowest BCUT2D eigenvalue weighted by Crippen LogP contribution is -2.27. The lowest BCUT2D eigenvalue weighted by Gasteiger charge is -2.13. The van der Waals surface area contributed by atoms with Gasteiger partial charge in [0.1, 0.15) is 57.8 Å². The van der Waals surface area contributed by atoms with Crippen molar-refractivity contribution in [1.29, 1.82) is 0 Å². The molecule has 1 aliphatic heterocycles. The Morgan fingerprint density at radius 2 is 1.43 bits per heavy atom. The fraction of sp³-hybridized carbons (Fsp3) is 0.357. The van der Waals surface area contributed by atoms with E-state index in [-0.39, 0.29) is 64.4 Å². The quantitative estimate of drug-likeness (QED) is 0.192. The summed E-state index contributed by atoms with van der Waals surface area (Å²) in [5, 5.41) is 25.8. The van der Waals surface area contributed by atoms with Gasteiger partial charge in [0.25, 0.3) is 5.91 Å². The Kier molecular flexibility index (Phi) is 20.2. The van der Waals surface area contributed by atoms with Crippen molar-refractivity contribution in [3.05, 3.63) is 66.6 Å². The normalized spacial score (nSPS) is 13.2. The van der Waals surface area contributed by atoms with Crippen LogP contribution in [0.15, 0.2) is 50.4 Å². The molecule has 3 rings (SSSR count). The van der Waals surface area contributed by atoms with Gasteiger partial charge in [0.2, 0.25) is 5.90 Å². The molecule has 1 heterocycles. The number of nitrogens with two attached hydrogens (primary N) is 2. The SMILES string of the molecule is COc1c(Cl)cc(OCC=C(Cl)Cl)cc1C(N)=O.COc1c(Cl)cc(OCC=C(Cl)Cl)cc1C1=NC(CO)CO1.NC(CO)CO. The van der Waals surface area contributed by atoms with E-state index < -0.39 is 11.9 Å². The van der Waals surface area contributed by atoms with Crippen LogP contribution in [0.25, 0.3) is 0 Å². The zero-order valence-electron chi connectivity index (χ0n) is 24.5. The fourth-order valence-electron chi connectivity index (χ4n) is 3.18. The molecule has 1 amide bonds. The third-order valence-electron chi connectivity index (χ3n) is 5.31. The Balaban J connectivity index is 0.000000397. The summed E-state index contributed by atoms with van der Waals surface area (Å²) in [6.07, 6.45) is 2.96. The predicted octanol–water partition coefficient (Wildman–Crippen LogP) is 4.63. The Labute approximate surface area is 295 Å². The second kappa shape index (κ2) is 22.3. The van der Waals surface area contributed by atoms with E-state index in [4.69, 9.17) is 120 Å². The van der Waals surface area contributed by atoms with Crippen LogP contribution in [0.4, 0.5) is 0 Å². The van der Waals surface area contributed by atoms with Crippen LogP contribution in [-0.4, -0.2) is 93.1 Å². The molecule has 0 fully saturated rings. The number of carbonyl (C=O) groups excluding carboxylic acids is 1. The molecule has 256 valence electrons. The molecule has 1 aliphatic rings. The summed E-state index contributed by atoms with van der Waals surface area (Å²) in [4.78, 5) is 15.5. The molecule has 18 heteroatoms. The molecular weight excluding hydrogens is 735 g/mol. The maximum atomic E-state index is 11.2. The molecule has 1 atom stereocenters. The molecule has 1 unspecified atom stereocenters. The van der Waals surface area contributed by atoms with Gasteiger partial charge < -0.3 is 50.5 Å². The summed E-state index contributed by atoms with van der Waals surface area (Å²) in [6.45, 7) is 0.268. The maximum Gasteiger partial charge on any atom is 0.252 e. The number of carbonyl (C=O) groups is 1. The van der Waals surface area contributed by atoms with Gasteiger partial charge in [-0.25, -0.2) is 4.99 Å². The van der Waals surface area contributed by atoms with Crippen molar-refractivity contribution in [3.8, 4) is 23.0 Å². The number of primary amides is 1. The topological polar surface area (TPSA) is 188 Å². The summed E-state index contributed by atoms with van der Waals surface area (Å²) in [5.74, 6) is 1.19. The molecule has 2 aromatic rings. The Bertz CT molecular complexity index is 1370. The summed E-state index contributed by atoms with van der Waals surface area (Å²) < 4.78 is 26.8. The van der Waals surface area contributed by atoms with E-state index >= 15 is 0 Å². The maximum absolute atomic E-state index is 11.2. The molecular formula is C28H33Cl6N3O9. The van der Waals surface area contributed by atoms with Gasteiger partial charge in [-0.1, -0.05) is 69.6 Å². The van der Waals surface area contributed by atoms with E-state index in [1.54, 1.807) is 12.1 Å². The Morgan fingerprint density at radius 3 is 1.83 bits per heavy atom. The van der Waals surface area contributed by atoms with E-state index in [0.29, 0.717) is 40.3 Å².